The van der Waals surface area contributed by atoms with Gasteiger partial charge in [0, 0.05) is 18.8 Å². The minimum atomic E-state index is -1.11. The van der Waals surface area contributed by atoms with E-state index in [2.05, 4.69) is 0 Å². The van der Waals surface area contributed by atoms with Crippen molar-refractivity contribution < 1.29 is 14.3 Å². The van der Waals surface area contributed by atoms with Crippen LogP contribution in [0.3, 0.4) is 0 Å². The molecule has 2 saturated carbocycles. The van der Waals surface area contributed by atoms with Crippen LogP contribution in [0.1, 0.15) is 36.0 Å². The predicted molar refractivity (Wildman–Crippen MR) is 75.4 cm³/mol. The molecule has 3 rings (SSSR count). The molecule has 0 atom stereocenters. The number of benzene rings is 1. The third-order valence-electron chi connectivity index (χ3n) is 4.04. The highest BCUT2D eigenvalue weighted by atomic mass is 19.1. The van der Waals surface area contributed by atoms with Crippen LogP contribution in [-0.4, -0.2) is 24.2 Å². The molecule has 2 aliphatic carbocycles. The molecule has 1 aromatic carbocycles. The van der Waals surface area contributed by atoms with E-state index >= 15 is 0 Å². The molecule has 108 valence electrons. The second-order valence-corrected chi connectivity index (χ2v) is 5.99. The van der Waals surface area contributed by atoms with Crippen LogP contribution in [0.2, 0.25) is 0 Å². The zero-order chi connectivity index (χ0) is 14.3. The van der Waals surface area contributed by atoms with E-state index in [1.807, 2.05) is 4.90 Å². The van der Waals surface area contributed by atoms with E-state index in [4.69, 9.17) is 10.8 Å². The second-order valence-electron chi connectivity index (χ2n) is 5.99. The van der Waals surface area contributed by atoms with Gasteiger partial charge < -0.3 is 15.7 Å². The van der Waals surface area contributed by atoms with Gasteiger partial charge in [0.05, 0.1) is 11.3 Å². The lowest BCUT2D eigenvalue weighted by atomic mass is 10.1. The first-order chi connectivity index (χ1) is 9.54. The van der Waals surface area contributed by atoms with Crippen molar-refractivity contribution >= 4 is 17.3 Å². The summed E-state index contributed by atoms with van der Waals surface area (Å²) in [7, 11) is 0. The molecule has 0 radical (unpaired) electrons. The van der Waals surface area contributed by atoms with Crippen LogP contribution in [0.15, 0.2) is 12.1 Å². The van der Waals surface area contributed by atoms with Crippen LogP contribution in [-0.2, 0) is 0 Å². The van der Waals surface area contributed by atoms with E-state index in [1.54, 1.807) is 0 Å². The van der Waals surface area contributed by atoms with E-state index in [9.17, 15) is 9.18 Å². The summed E-state index contributed by atoms with van der Waals surface area (Å²) in [6.45, 7) is 1.63. The molecule has 0 spiro atoms. The van der Waals surface area contributed by atoms with Gasteiger partial charge in [-0.2, -0.15) is 0 Å². The van der Waals surface area contributed by atoms with Crippen molar-refractivity contribution in [1.29, 1.82) is 0 Å². The van der Waals surface area contributed by atoms with Crippen LogP contribution in [0.4, 0.5) is 15.8 Å². The van der Waals surface area contributed by atoms with Gasteiger partial charge in [0.15, 0.2) is 0 Å². The maximum Gasteiger partial charge on any atom is 0.337 e. The molecular weight excluding hydrogens is 259 g/mol. The Hall–Kier alpha value is -1.78. The van der Waals surface area contributed by atoms with Crippen molar-refractivity contribution in [2.24, 2.45) is 11.8 Å². The van der Waals surface area contributed by atoms with Gasteiger partial charge in [0.2, 0.25) is 0 Å². The number of carboxylic acids is 1. The average Bonchev–Trinajstić information content (AvgIpc) is 3.23. The number of nitrogens with zero attached hydrogens (tertiary/aromatic N) is 1. The Balaban J connectivity index is 1.90. The molecule has 0 heterocycles. The van der Waals surface area contributed by atoms with Crippen LogP contribution in [0.25, 0.3) is 0 Å². The largest absolute Gasteiger partial charge is 0.478 e. The highest BCUT2D eigenvalue weighted by Gasteiger charge is 2.31. The van der Waals surface area contributed by atoms with E-state index in [0.29, 0.717) is 17.5 Å². The summed E-state index contributed by atoms with van der Waals surface area (Å²) in [5.74, 6) is -0.284. The van der Waals surface area contributed by atoms with Crippen LogP contribution in [0, 0.1) is 17.7 Å². The molecular formula is C15H19FN2O2. The molecule has 4 nitrogen and oxygen atoms in total. The monoisotopic (exact) mass is 278 g/mol. The van der Waals surface area contributed by atoms with Gasteiger partial charge >= 0.3 is 5.97 Å². The SMILES string of the molecule is Nc1cc(F)c(N(CC2CC2)CC2CC2)cc1C(=O)O. The molecule has 0 saturated heterocycles. The zero-order valence-electron chi connectivity index (χ0n) is 11.3. The zero-order valence-corrected chi connectivity index (χ0v) is 11.3. The minimum absolute atomic E-state index is 0.0157. The van der Waals surface area contributed by atoms with Gasteiger partial charge in [-0.05, 0) is 49.7 Å². The summed E-state index contributed by atoms with van der Waals surface area (Å²) in [6, 6.07) is 2.52. The smallest absolute Gasteiger partial charge is 0.337 e. The molecule has 0 aromatic heterocycles. The van der Waals surface area contributed by atoms with E-state index in [1.165, 1.54) is 31.7 Å². The highest BCUT2D eigenvalue weighted by Crippen LogP contribution is 2.37. The number of aromatic carboxylic acids is 1. The fraction of sp³-hybridized carbons (Fsp3) is 0.533. The molecule has 0 unspecified atom stereocenters. The first-order valence-corrected chi connectivity index (χ1v) is 7.12. The van der Waals surface area contributed by atoms with Crippen molar-refractivity contribution in [3.63, 3.8) is 0 Å². The van der Waals surface area contributed by atoms with E-state index in [0.717, 1.165) is 19.2 Å². The lowest BCUT2D eigenvalue weighted by Crippen LogP contribution is -2.29. The van der Waals surface area contributed by atoms with Crippen molar-refractivity contribution in [2.75, 3.05) is 23.7 Å². The third kappa shape index (κ3) is 2.86. The van der Waals surface area contributed by atoms with Crippen molar-refractivity contribution in [1.82, 2.24) is 0 Å². The molecule has 5 heteroatoms. The van der Waals surface area contributed by atoms with E-state index < -0.39 is 11.8 Å². The standard InChI is InChI=1S/C15H19FN2O2/c16-12-6-13(17)11(15(19)20)5-14(12)18(7-9-1-2-9)8-10-3-4-10/h5-6,9-10H,1-4,7-8,17H2,(H,19,20). The van der Waals surface area contributed by atoms with Crippen molar-refractivity contribution in [3.8, 4) is 0 Å². The van der Waals surface area contributed by atoms with Crippen LogP contribution < -0.4 is 10.6 Å². The Morgan fingerprint density at radius 2 is 1.80 bits per heavy atom. The molecule has 2 fully saturated rings. The van der Waals surface area contributed by atoms with Gasteiger partial charge in [-0.1, -0.05) is 0 Å². The lowest BCUT2D eigenvalue weighted by molar-refractivity contribution is 0.0698. The Morgan fingerprint density at radius 1 is 1.25 bits per heavy atom. The maximum atomic E-state index is 14.2. The summed E-state index contributed by atoms with van der Waals surface area (Å²) < 4.78 is 14.2. The van der Waals surface area contributed by atoms with Crippen LogP contribution >= 0.6 is 0 Å². The van der Waals surface area contributed by atoms with Gasteiger partial charge in [-0.3, -0.25) is 0 Å². The second kappa shape index (κ2) is 4.96. The Kier molecular flexibility index (Phi) is 3.28. The third-order valence-corrected chi connectivity index (χ3v) is 4.04. The topological polar surface area (TPSA) is 66.6 Å². The molecule has 0 aliphatic heterocycles. The molecule has 0 bridgehead atoms. The first-order valence-electron chi connectivity index (χ1n) is 7.12. The number of nitrogen functional groups attached to an aromatic ring is 1. The molecule has 0 amide bonds. The van der Waals surface area contributed by atoms with Gasteiger partial charge in [0.25, 0.3) is 0 Å². The highest BCUT2D eigenvalue weighted by molar-refractivity contribution is 5.95. The van der Waals surface area contributed by atoms with E-state index in [-0.39, 0.29) is 11.3 Å². The summed E-state index contributed by atoms with van der Waals surface area (Å²) in [6.07, 6.45) is 4.74. The predicted octanol–water partition coefficient (Wildman–Crippen LogP) is 2.73. The fourth-order valence-corrected chi connectivity index (χ4v) is 2.50. The van der Waals surface area contributed by atoms with Crippen LogP contribution in [0.5, 0.6) is 0 Å². The van der Waals surface area contributed by atoms with Gasteiger partial charge in [-0.25, -0.2) is 9.18 Å². The van der Waals surface area contributed by atoms with Gasteiger partial charge in [0.1, 0.15) is 5.82 Å². The number of hydrogen-bond acceptors (Lipinski definition) is 3. The quantitative estimate of drug-likeness (QED) is 0.785. The maximum absolute atomic E-state index is 14.2. The molecule has 1 aromatic rings. The lowest BCUT2D eigenvalue weighted by Gasteiger charge is -2.26. The fourth-order valence-electron chi connectivity index (χ4n) is 2.50. The number of carboxylic acid groups (broad SMARTS) is 1. The number of nitrogens with two attached hydrogens (primary N) is 1. The number of halogens is 1. The Labute approximate surface area is 117 Å². The number of carbonyl (C=O) groups is 1. The number of hydrogen-bond donors (Lipinski definition) is 2. The molecule has 20 heavy (non-hydrogen) atoms. The molecule has 3 N–H and O–H groups in total. The summed E-state index contributed by atoms with van der Waals surface area (Å²) in [5.41, 5.74) is 5.93. The Bertz CT molecular complexity index is 525. The molecule has 2 aliphatic rings. The number of anilines is 2. The Morgan fingerprint density at radius 3 is 2.25 bits per heavy atom. The number of rotatable bonds is 6. The van der Waals surface area contributed by atoms with Crippen molar-refractivity contribution in [2.45, 2.75) is 25.7 Å². The minimum Gasteiger partial charge on any atom is -0.478 e. The normalized spacial score (nSPS) is 18.1. The average molecular weight is 278 g/mol. The summed E-state index contributed by atoms with van der Waals surface area (Å²) >= 11 is 0. The summed E-state index contributed by atoms with van der Waals surface area (Å²) in [5, 5.41) is 9.13. The van der Waals surface area contributed by atoms with Crippen molar-refractivity contribution in [3.05, 3.63) is 23.5 Å². The van der Waals surface area contributed by atoms with Gasteiger partial charge in [-0.15, -0.1) is 0 Å². The summed E-state index contributed by atoms with van der Waals surface area (Å²) in [4.78, 5) is 13.2. The first kappa shape index (κ1) is 13.2.